The van der Waals surface area contributed by atoms with Crippen molar-refractivity contribution in [2.24, 2.45) is 9.98 Å². The Bertz CT molecular complexity index is 1710. The van der Waals surface area contributed by atoms with Crippen molar-refractivity contribution in [1.82, 2.24) is 9.13 Å². The Balaban J connectivity index is 1.69. The van der Waals surface area contributed by atoms with Gasteiger partial charge in [-0.2, -0.15) is 0 Å². The summed E-state index contributed by atoms with van der Waals surface area (Å²) in [5.74, 6) is -3.93. The second kappa shape index (κ2) is 12.1. The highest BCUT2D eigenvalue weighted by atomic mass is 19.3. The lowest BCUT2D eigenvalue weighted by molar-refractivity contribution is -0.00833. The standard InChI is InChI=1S/C32H30F2N4O3/c1-5-32(33,34)25-12-17-29(21(2)19-25)36-22(3)23-8-15-27(16-9-23)38-28(7-6-18-35-4)20-37(31(38)41)26-13-10-24(11-14-26)30(39)40/h6-20H,5H2,1-4H3,(H,39,40). The van der Waals surface area contributed by atoms with Crippen LogP contribution in [0.4, 0.5) is 14.5 Å². The van der Waals surface area contributed by atoms with Gasteiger partial charge in [0.2, 0.25) is 0 Å². The molecule has 0 bridgehead atoms. The molecule has 0 aliphatic carbocycles. The highest BCUT2D eigenvalue weighted by Crippen LogP contribution is 2.34. The molecule has 0 aliphatic heterocycles. The monoisotopic (exact) mass is 556 g/mol. The van der Waals surface area contributed by atoms with Crippen molar-refractivity contribution in [2.75, 3.05) is 7.05 Å². The second-order valence-corrected chi connectivity index (χ2v) is 9.46. The maximum atomic E-state index is 14.1. The van der Waals surface area contributed by atoms with Crippen LogP contribution in [-0.2, 0) is 5.92 Å². The maximum Gasteiger partial charge on any atom is 0.337 e. The van der Waals surface area contributed by atoms with Crippen molar-refractivity contribution in [1.29, 1.82) is 0 Å². The van der Waals surface area contributed by atoms with Gasteiger partial charge in [-0.1, -0.05) is 25.1 Å². The predicted molar refractivity (Wildman–Crippen MR) is 159 cm³/mol. The molecule has 0 saturated heterocycles. The number of rotatable bonds is 9. The van der Waals surface area contributed by atoms with E-state index in [2.05, 4.69) is 9.98 Å². The zero-order valence-corrected chi connectivity index (χ0v) is 23.2. The minimum atomic E-state index is -2.88. The van der Waals surface area contributed by atoms with Crippen LogP contribution in [0.3, 0.4) is 0 Å². The molecule has 0 saturated carbocycles. The van der Waals surface area contributed by atoms with Crippen LogP contribution in [0.15, 0.2) is 93.8 Å². The summed E-state index contributed by atoms with van der Waals surface area (Å²) >= 11 is 0. The van der Waals surface area contributed by atoms with Gasteiger partial charge in [-0.25, -0.2) is 18.4 Å². The molecule has 0 atom stereocenters. The smallest absolute Gasteiger partial charge is 0.337 e. The highest BCUT2D eigenvalue weighted by molar-refractivity contribution is 6.00. The van der Waals surface area contributed by atoms with E-state index in [-0.39, 0.29) is 23.2 Å². The summed E-state index contributed by atoms with van der Waals surface area (Å²) in [6.07, 6.45) is 6.49. The van der Waals surface area contributed by atoms with E-state index >= 15 is 0 Å². The van der Waals surface area contributed by atoms with E-state index in [1.807, 2.05) is 19.1 Å². The number of aliphatic imine (C=N–C) groups is 2. The summed E-state index contributed by atoms with van der Waals surface area (Å²) in [6.45, 7) is 5.05. The number of aromatic nitrogens is 2. The number of nitrogens with zero attached hydrogens (tertiary/aromatic N) is 4. The molecule has 1 N–H and O–H groups in total. The molecule has 4 rings (SSSR count). The number of hydrogen-bond donors (Lipinski definition) is 1. The van der Waals surface area contributed by atoms with E-state index in [1.54, 1.807) is 68.9 Å². The van der Waals surface area contributed by atoms with E-state index in [0.717, 1.165) is 5.56 Å². The van der Waals surface area contributed by atoms with Crippen LogP contribution in [0.1, 0.15) is 53.0 Å². The number of carboxylic acids is 1. The van der Waals surface area contributed by atoms with Gasteiger partial charge >= 0.3 is 11.7 Å². The molecule has 0 unspecified atom stereocenters. The van der Waals surface area contributed by atoms with Crippen LogP contribution in [0.25, 0.3) is 17.5 Å². The van der Waals surface area contributed by atoms with E-state index in [1.165, 1.54) is 40.3 Å². The van der Waals surface area contributed by atoms with Gasteiger partial charge in [-0.3, -0.25) is 19.1 Å². The topological polar surface area (TPSA) is 88.9 Å². The Morgan fingerprint density at radius 2 is 1.63 bits per heavy atom. The second-order valence-electron chi connectivity index (χ2n) is 9.46. The van der Waals surface area contributed by atoms with Crippen LogP contribution in [-0.4, -0.2) is 39.2 Å². The average molecular weight is 557 g/mol. The van der Waals surface area contributed by atoms with E-state index in [9.17, 15) is 23.5 Å². The van der Waals surface area contributed by atoms with Crippen molar-refractivity contribution in [3.8, 4) is 11.4 Å². The number of hydrogen-bond acceptors (Lipinski definition) is 4. The fourth-order valence-corrected chi connectivity index (χ4v) is 4.33. The largest absolute Gasteiger partial charge is 0.478 e. The van der Waals surface area contributed by atoms with Gasteiger partial charge in [-0.15, -0.1) is 0 Å². The molecule has 3 aromatic carbocycles. The summed E-state index contributed by atoms with van der Waals surface area (Å²) < 4.78 is 31.2. The molecular weight excluding hydrogens is 526 g/mol. The number of aromatic carboxylic acids is 1. The number of halogens is 2. The molecule has 7 nitrogen and oxygen atoms in total. The quantitative estimate of drug-likeness (QED) is 0.225. The van der Waals surface area contributed by atoms with Gasteiger partial charge in [0.05, 0.1) is 28.3 Å². The fraction of sp³-hybridized carbons (Fsp3) is 0.188. The third kappa shape index (κ3) is 6.30. The zero-order valence-electron chi connectivity index (χ0n) is 23.2. The Kier molecular flexibility index (Phi) is 8.56. The number of imidazole rings is 1. The van der Waals surface area contributed by atoms with Crippen molar-refractivity contribution in [3.05, 3.63) is 117 Å². The Labute approximate surface area is 236 Å². The average Bonchev–Trinajstić information content (AvgIpc) is 3.29. The van der Waals surface area contributed by atoms with Crippen LogP contribution in [0.5, 0.6) is 0 Å². The van der Waals surface area contributed by atoms with Crippen LogP contribution in [0.2, 0.25) is 0 Å². The molecular formula is C32H30F2N4O3. The van der Waals surface area contributed by atoms with Gasteiger partial charge in [-0.05, 0) is 85.7 Å². The molecule has 0 radical (unpaired) electrons. The van der Waals surface area contributed by atoms with Gasteiger partial charge in [0.25, 0.3) is 5.92 Å². The molecule has 0 amide bonds. The molecule has 0 spiro atoms. The minimum Gasteiger partial charge on any atom is -0.478 e. The summed E-state index contributed by atoms with van der Waals surface area (Å²) in [7, 11) is 1.64. The van der Waals surface area contributed by atoms with Crippen molar-refractivity contribution < 1.29 is 18.7 Å². The first-order valence-electron chi connectivity index (χ1n) is 13.0. The van der Waals surface area contributed by atoms with E-state index in [0.29, 0.717) is 34.0 Å². The van der Waals surface area contributed by atoms with E-state index < -0.39 is 11.9 Å². The molecule has 1 aromatic heterocycles. The summed E-state index contributed by atoms with van der Waals surface area (Å²) in [5.41, 5.74) is 4.26. The van der Waals surface area contributed by atoms with Crippen molar-refractivity contribution >= 4 is 29.7 Å². The minimum absolute atomic E-state index is 0.0243. The van der Waals surface area contributed by atoms with Gasteiger partial charge < -0.3 is 5.11 Å². The zero-order chi connectivity index (χ0) is 29.7. The first-order chi connectivity index (χ1) is 19.6. The number of carboxylic acid groups (broad SMARTS) is 1. The molecule has 0 fully saturated rings. The van der Waals surface area contributed by atoms with Gasteiger partial charge in [0.1, 0.15) is 0 Å². The lowest BCUT2D eigenvalue weighted by atomic mass is 10.0. The predicted octanol–water partition coefficient (Wildman–Crippen LogP) is 6.99. The van der Waals surface area contributed by atoms with Crippen LogP contribution in [0, 0.1) is 6.92 Å². The maximum absolute atomic E-state index is 14.1. The number of aryl methyl sites for hydroxylation is 1. The summed E-state index contributed by atoms with van der Waals surface area (Å²) in [5, 5.41) is 9.20. The lowest BCUT2D eigenvalue weighted by Crippen LogP contribution is -2.22. The Hall–Kier alpha value is -4.92. The van der Waals surface area contributed by atoms with Crippen molar-refractivity contribution in [3.63, 3.8) is 0 Å². The summed E-state index contributed by atoms with van der Waals surface area (Å²) in [4.78, 5) is 33.4. The molecule has 210 valence electrons. The molecule has 0 aliphatic rings. The molecule has 1 heterocycles. The van der Waals surface area contributed by atoms with Gasteiger partial charge in [0, 0.05) is 37.2 Å². The number of carbonyl (C=O) groups is 1. The third-order valence-corrected chi connectivity index (χ3v) is 6.71. The molecule has 9 heteroatoms. The first-order valence-corrected chi connectivity index (χ1v) is 13.0. The fourth-order valence-electron chi connectivity index (χ4n) is 4.33. The van der Waals surface area contributed by atoms with Crippen LogP contribution < -0.4 is 5.69 Å². The SMILES string of the molecule is CCC(F)(F)c1ccc(N=C(C)c2ccc(-n3c(C=CC=NC)cn(-c4ccc(C(=O)O)cc4)c3=O)cc2)c(C)c1. The van der Waals surface area contributed by atoms with Crippen LogP contribution >= 0.6 is 0 Å². The summed E-state index contributed by atoms with van der Waals surface area (Å²) in [6, 6.07) is 17.8. The van der Waals surface area contributed by atoms with E-state index in [4.69, 9.17) is 0 Å². The normalized spacial score (nSPS) is 12.5. The number of alkyl halides is 2. The number of benzene rings is 3. The first kappa shape index (κ1) is 29.1. The Morgan fingerprint density at radius 1 is 1.00 bits per heavy atom. The number of allylic oxidation sites excluding steroid dienone is 1. The third-order valence-electron chi connectivity index (χ3n) is 6.71. The lowest BCUT2D eigenvalue weighted by Gasteiger charge is -2.15. The van der Waals surface area contributed by atoms with Crippen molar-refractivity contribution in [2.45, 2.75) is 33.1 Å². The Morgan fingerprint density at radius 3 is 2.22 bits per heavy atom. The molecule has 4 aromatic rings. The van der Waals surface area contributed by atoms with Gasteiger partial charge in [0.15, 0.2) is 0 Å². The molecule has 41 heavy (non-hydrogen) atoms. The highest BCUT2D eigenvalue weighted by Gasteiger charge is 2.29.